The Hall–Kier alpha value is -1.79. The van der Waals surface area contributed by atoms with Crippen LogP contribution in [0.2, 0.25) is 0 Å². The summed E-state index contributed by atoms with van der Waals surface area (Å²) in [6.07, 6.45) is 0. The summed E-state index contributed by atoms with van der Waals surface area (Å²) in [5, 5.41) is 0. The predicted octanol–water partition coefficient (Wildman–Crippen LogP) is 0.621. The quantitative estimate of drug-likeness (QED) is 0.830. The van der Waals surface area contributed by atoms with Gasteiger partial charge in [-0.25, -0.2) is 0 Å². The molecular formula is C14H20ClN3O3. The number of hydrogen-bond donors (Lipinski definition) is 1. The van der Waals surface area contributed by atoms with Crippen molar-refractivity contribution in [3.05, 3.63) is 29.8 Å². The number of hydrogen-bond acceptors (Lipinski definition) is 4. The first kappa shape index (κ1) is 17.3. The Morgan fingerprint density at radius 3 is 2.38 bits per heavy atom. The monoisotopic (exact) mass is 313 g/mol. The summed E-state index contributed by atoms with van der Waals surface area (Å²) in [6, 6.07) is 6.94. The van der Waals surface area contributed by atoms with Crippen LogP contribution in [0.3, 0.4) is 0 Å². The summed E-state index contributed by atoms with van der Waals surface area (Å²) in [5.41, 5.74) is 6.84. The van der Waals surface area contributed by atoms with Crippen LogP contribution >= 0.6 is 12.4 Å². The van der Waals surface area contributed by atoms with Gasteiger partial charge in [0.1, 0.15) is 6.61 Å². The number of benzene rings is 1. The highest BCUT2D eigenvalue weighted by atomic mass is 35.5. The molecule has 0 radical (unpaired) electrons. The van der Waals surface area contributed by atoms with Gasteiger partial charge < -0.3 is 20.3 Å². The molecule has 1 aliphatic heterocycles. The van der Waals surface area contributed by atoms with Crippen LogP contribution in [0.4, 0.5) is 5.69 Å². The van der Waals surface area contributed by atoms with Crippen molar-refractivity contribution in [2.75, 3.05) is 45.6 Å². The van der Waals surface area contributed by atoms with Gasteiger partial charge in [0.2, 0.25) is 5.91 Å². The molecule has 0 bridgehead atoms. The number of ether oxygens (including phenoxy) is 1. The van der Waals surface area contributed by atoms with Crippen molar-refractivity contribution >= 4 is 29.9 Å². The van der Waals surface area contributed by atoms with Crippen molar-refractivity contribution in [3.8, 4) is 0 Å². The number of anilines is 1. The van der Waals surface area contributed by atoms with E-state index in [1.165, 1.54) is 7.11 Å². The highest BCUT2D eigenvalue weighted by Gasteiger charge is 2.24. The van der Waals surface area contributed by atoms with E-state index in [2.05, 4.69) is 0 Å². The van der Waals surface area contributed by atoms with Gasteiger partial charge in [-0.3, -0.25) is 9.59 Å². The van der Waals surface area contributed by atoms with Gasteiger partial charge in [0.25, 0.3) is 5.91 Å². The van der Waals surface area contributed by atoms with Crippen LogP contribution in [0.15, 0.2) is 24.3 Å². The van der Waals surface area contributed by atoms with Crippen LogP contribution in [-0.2, 0) is 9.53 Å². The van der Waals surface area contributed by atoms with E-state index in [-0.39, 0.29) is 30.8 Å². The second kappa shape index (κ2) is 7.85. The van der Waals surface area contributed by atoms with E-state index in [1.807, 2.05) is 0 Å². The number of carbonyl (C=O) groups is 2. The zero-order chi connectivity index (χ0) is 14.5. The Labute approximate surface area is 130 Å². The highest BCUT2D eigenvalue weighted by Crippen LogP contribution is 2.12. The van der Waals surface area contributed by atoms with E-state index in [4.69, 9.17) is 10.5 Å². The normalized spacial score (nSPS) is 14.5. The second-order valence-corrected chi connectivity index (χ2v) is 4.73. The van der Waals surface area contributed by atoms with Crippen LogP contribution in [0, 0.1) is 0 Å². The van der Waals surface area contributed by atoms with E-state index in [1.54, 1.807) is 34.1 Å². The van der Waals surface area contributed by atoms with Gasteiger partial charge in [-0.15, -0.1) is 12.4 Å². The topological polar surface area (TPSA) is 75.9 Å². The molecule has 2 amide bonds. The minimum atomic E-state index is -0.0452. The first-order chi connectivity index (χ1) is 9.61. The molecule has 1 aromatic carbocycles. The molecule has 116 valence electrons. The average Bonchev–Trinajstić information content (AvgIpc) is 2.47. The lowest BCUT2D eigenvalue weighted by Gasteiger charge is -2.34. The number of piperazine rings is 1. The molecule has 2 rings (SSSR count). The summed E-state index contributed by atoms with van der Waals surface area (Å²) in [5.74, 6) is -0.0836. The number of halogens is 1. The standard InChI is InChI=1S/C14H19N3O3.ClH/c1-20-10-13(18)16-5-7-17(8-6-16)14(19)11-3-2-4-12(15)9-11;/h2-4,9H,5-8,10,15H2,1H3;1H. The molecule has 0 saturated carbocycles. The third kappa shape index (κ3) is 4.34. The number of methoxy groups -OCH3 is 1. The number of nitrogen functional groups attached to an aromatic ring is 1. The lowest BCUT2D eigenvalue weighted by Crippen LogP contribution is -2.51. The third-order valence-corrected chi connectivity index (χ3v) is 3.32. The molecule has 1 aliphatic rings. The van der Waals surface area contributed by atoms with Crippen molar-refractivity contribution in [1.82, 2.24) is 9.80 Å². The van der Waals surface area contributed by atoms with Gasteiger partial charge in [-0.05, 0) is 18.2 Å². The molecule has 0 aliphatic carbocycles. The molecule has 7 heteroatoms. The number of amides is 2. The Balaban J connectivity index is 0.00000220. The fourth-order valence-electron chi connectivity index (χ4n) is 2.23. The van der Waals surface area contributed by atoms with Crippen LogP contribution < -0.4 is 5.73 Å². The zero-order valence-corrected chi connectivity index (χ0v) is 12.8. The second-order valence-electron chi connectivity index (χ2n) is 4.73. The van der Waals surface area contributed by atoms with Crippen LogP contribution in [0.5, 0.6) is 0 Å². The lowest BCUT2D eigenvalue weighted by atomic mass is 10.1. The Kier molecular flexibility index (Phi) is 6.45. The Bertz CT molecular complexity index is 502. The van der Waals surface area contributed by atoms with Gasteiger partial charge in [0.15, 0.2) is 0 Å². The number of nitrogens with zero attached hydrogens (tertiary/aromatic N) is 2. The van der Waals surface area contributed by atoms with Gasteiger partial charge in [-0.1, -0.05) is 6.07 Å². The number of nitrogens with two attached hydrogens (primary N) is 1. The maximum Gasteiger partial charge on any atom is 0.254 e. The average molecular weight is 314 g/mol. The zero-order valence-electron chi connectivity index (χ0n) is 11.9. The van der Waals surface area contributed by atoms with E-state index in [9.17, 15) is 9.59 Å². The molecule has 1 heterocycles. The Morgan fingerprint density at radius 2 is 1.81 bits per heavy atom. The summed E-state index contributed by atoms with van der Waals surface area (Å²) >= 11 is 0. The van der Waals surface area contributed by atoms with E-state index in [0.29, 0.717) is 37.4 Å². The van der Waals surface area contributed by atoms with Crippen molar-refractivity contribution in [3.63, 3.8) is 0 Å². The first-order valence-electron chi connectivity index (χ1n) is 6.53. The molecule has 1 aromatic rings. The van der Waals surface area contributed by atoms with Crippen LogP contribution in [0.25, 0.3) is 0 Å². The van der Waals surface area contributed by atoms with E-state index in [0.717, 1.165) is 0 Å². The van der Waals surface area contributed by atoms with Crippen molar-refractivity contribution in [2.24, 2.45) is 0 Å². The summed E-state index contributed by atoms with van der Waals surface area (Å²) < 4.78 is 4.83. The molecular weight excluding hydrogens is 294 g/mol. The predicted molar refractivity (Wildman–Crippen MR) is 82.5 cm³/mol. The molecule has 1 saturated heterocycles. The smallest absolute Gasteiger partial charge is 0.254 e. The summed E-state index contributed by atoms with van der Waals surface area (Å²) in [6.45, 7) is 2.22. The fourth-order valence-corrected chi connectivity index (χ4v) is 2.23. The fraction of sp³-hybridized carbons (Fsp3) is 0.429. The highest BCUT2D eigenvalue weighted by molar-refractivity contribution is 5.95. The molecule has 6 nitrogen and oxygen atoms in total. The Morgan fingerprint density at radius 1 is 1.19 bits per heavy atom. The van der Waals surface area contributed by atoms with Crippen molar-refractivity contribution < 1.29 is 14.3 Å². The largest absolute Gasteiger partial charge is 0.399 e. The number of rotatable bonds is 3. The maximum atomic E-state index is 12.3. The number of carbonyl (C=O) groups excluding carboxylic acids is 2. The molecule has 0 spiro atoms. The lowest BCUT2D eigenvalue weighted by molar-refractivity contribution is -0.136. The minimum Gasteiger partial charge on any atom is -0.399 e. The van der Waals surface area contributed by atoms with Gasteiger partial charge in [0, 0.05) is 44.5 Å². The molecule has 0 unspecified atom stereocenters. The molecule has 0 atom stereocenters. The van der Waals surface area contributed by atoms with Gasteiger partial charge in [-0.2, -0.15) is 0 Å². The molecule has 1 fully saturated rings. The first-order valence-corrected chi connectivity index (χ1v) is 6.53. The van der Waals surface area contributed by atoms with Gasteiger partial charge in [0.05, 0.1) is 0 Å². The maximum absolute atomic E-state index is 12.3. The van der Waals surface area contributed by atoms with Crippen LogP contribution in [-0.4, -0.2) is 61.5 Å². The summed E-state index contributed by atoms with van der Waals surface area (Å²) in [7, 11) is 1.50. The SMILES string of the molecule is COCC(=O)N1CCN(C(=O)c2cccc(N)c2)CC1.Cl. The van der Waals surface area contributed by atoms with Crippen LogP contribution in [0.1, 0.15) is 10.4 Å². The van der Waals surface area contributed by atoms with E-state index >= 15 is 0 Å². The third-order valence-electron chi connectivity index (χ3n) is 3.32. The van der Waals surface area contributed by atoms with Gasteiger partial charge >= 0.3 is 0 Å². The van der Waals surface area contributed by atoms with Crippen molar-refractivity contribution in [1.29, 1.82) is 0 Å². The molecule has 0 aromatic heterocycles. The van der Waals surface area contributed by atoms with Crippen molar-refractivity contribution in [2.45, 2.75) is 0 Å². The molecule has 21 heavy (non-hydrogen) atoms. The van der Waals surface area contributed by atoms with E-state index < -0.39 is 0 Å². The molecule has 2 N–H and O–H groups in total. The minimum absolute atomic E-state index is 0. The summed E-state index contributed by atoms with van der Waals surface area (Å²) in [4.78, 5) is 27.4.